The molecule has 6 nitrogen and oxygen atoms in total. The van der Waals surface area contributed by atoms with Crippen molar-refractivity contribution < 1.29 is 9.13 Å². The van der Waals surface area contributed by atoms with Gasteiger partial charge in [-0.1, -0.05) is 23.9 Å². The van der Waals surface area contributed by atoms with Crippen LogP contribution in [0.4, 0.5) is 10.2 Å². The fraction of sp³-hybridized carbons (Fsp3) is 0.174. The first-order chi connectivity index (χ1) is 15.2. The Morgan fingerprint density at radius 1 is 1.03 bits per heavy atom. The molecule has 0 amide bonds. The van der Waals surface area contributed by atoms with Crippen molar-refractivity contribution in [1.82, 2.24) is 14.6 Å². The molecule has 1 aliphatic heterocycles. The number of hydrogen-bond donors (Lipinski definition) is 0. The Bertz CT molecular complexity index is 1280. The molecule has 4 heterocycles. The topological polar surface area (TPSA) is 66.5 Å². The second-order valence-electron chi connectivity index (χ2n) is 7.09. The number of anilines is 1. The van der Waals surface area contributed by atoms with Gasteiger partial charge in [-0.3, -0.25) is 0 Å². The molecular weight excluding hydrogens is 413 g/mol. The van der Waals surface area contributed by atoms with Gasteiger partial charge >= 0.3 is 0 Å². The molecule has 0 N–H and O–H groups in total. The fourth-order valence-corrected chi connectivity index (χ4v) is 4.62. The van der Waals surface area contributed by atoms with Crippen LogP contribution in [-0.4, -0.2) is 40.9 Å². The van der Waals surface area contributed by atoms with Crippen molar-refractivity contribution in [3.05, 3.63) is 72.4 Å². The summed E-state index contributed by atoms with van der Waals surface area (Å²) in [5.41, 5.74) is 2.92. The Labute approximate surface area is 182 Å². The number of fused-ring (bicyclic) bond motifs is 1. The molecule has 31 heavy (non-hydrogen) atoms. The lowest BCUT2D eigenvalue weighted by Gasteiger charge is -2.27. The minimum absolute atomic E-state index is 0.300. The molecule has 1 saturated heterocycles. The summed E-state index contributed by atoms with van der Waals surface area (Å²) < 4.78 is 21.4. The van der Waals surface area contributed by atoms with Crippen LogP contribution < -0.4 is 4.90 Å². The zero-order valence-corrected chi connectivity index (χ0v) is 17.3. The van der Waals surface area contributed by atoms with Crippen LogP contribution >= 0.6 is 11.8 Å². The quantitative estimate of drug-likeness (QED) is 0.477. The van der Waals surface area contributed by atoms with E-state index in [2.05, 4.69) is 21.1 Å². The van der Waals surface area contributed by atoms with Crippen molar-refractivity contribution in [2.75, 3.05) is 31.2 Å². The number of halogens is 1. The van der Waals surface area contributed by atoms with Gasteiger partial charge in [0.2, 0.25) is 0 Å². The van der Waals surface area contributed by atoms with Crippen molar-refractivity contribution in [3.63, 3.8) is 0 Å². The molecule has 0 aliphatic carbocycles. The Balaban J connectivity index is 1.55. The zero-order chi connectivity index (χ0) is 21.2. The summed E-state index contributed by atoms with van der Waals surface area (Å²) in [4.78, 5) is 8.08. The Hall–Kier alpha value is -3.41. The van der Waals surface area contributed by atoms with E-state index in [0.717, 1.165) is 34.9 Å². The number of aromatic nitrogens is 3. The summed E-state index contributed by atoms with van der Waals surface area (Å²) in [6.07, 6.45) is 5.23. The summed E-state index contributed by atoms with van der Waals surface area (Å²) in [5, 5.41) is 13.8. The van der Waals surface area contributed by atoms with Crippen LogP contribution in [0.1, 0.15) is 5.56 Å². The third kappa shape index (κ3) is 3.85. The van der Waals surface area contributed by atoms with Crippen LogP contribution in [0.15, 0.2) is 70.8 Å². The van der Waals surface area contributed by atoms with Gasteiger partial charge < -0.3 is 9.64 Å². The summed E-state index contributed by atoms with van der Waals surface area (Å²) in [7, 11) is 0. The van der Waals surface area contributed by atoms with Gasteiger partial charge in [-0.05, 0) is 30.3 Å². The van der Waals surface area contributed by atoms with E-state index in [1.165, 1.54) is 24.0 Å². The average molecular weight is 431 g/mol. The van der Waals surface area contributed by atoms with Gasteiger partial charge in [0.15, 0.2) is 0 Å². The van der Waals surface area contributed by atoms with E-state index in [1.54, 1.807) is 22.7 Å². The molecule has 8 heteroatoms. The Morgan fingerprint density at radius 2 is 1.87 bits per heavy atom. The van der Waals surface area contributed by atoms with E-state index < -0.39 is 0 Å². The van der Waals surface area contributed by atoms with Crippen LogP contribution in [0.2, 0.25) is 0 Å². The van der Waals surface area contributed by atoms with Crippen LogP contribution in [0.3, 0.4) is 0 Å². The molecule has 0 unspecified atom stereocenters. The van der Waals surface area contributed by atoms with E-state index in [0.29, 0.717) is 29.2 Å². The highest BCUT2D eigenvalue weighted by Crippen LogP contribution is 2.36. The normalized spacial score (nSPS) is 14.0. The first-order valence-corrected chi connectivity index (χ1v) is 10.7. The molecule has 4 aromatic rings. The molecule has 0 bridgehead atoms. The third-order valence-electron chi connectivity index (χ3n) is 5.17. The monoisotopic (exact) mass is 431 g/mol. The highest BCUT2D eigenvalue weighted by Gasteiger charge is 2.16. The molecule has 1 aromatic carbocycles. The number of pyridine rings is 2. The average Bonchev–Trinajstić information content (AvgIpc) is 3.25. The number of nitriles is 1. The lowest BCUT2D eigenvalue weighted by molar-refractivity contribution is 0.122. The first-order valence-electron chi connectivity index (χ1n) is 9.86. The van der Waals surface area contributed by atoms with Gasteiger partial charge in [-0.25, -0.2) is 13.9 Å². The summed E-state index contributed by atoms with van der Waals surface area (Å²) >= 11 is 1.28. The maximum Gasteiger partial charge on any atom is 0.137 e. The van der Waals surface area contributed by atoms with Crippen molar-refractivity contribution in [2.45, 2.75) is 9.79 Å². The molecule has 1 fully saturated rings. The van der Waals surface area contributed by atoms with Crippen LogP contribution in [0, 0.1) is 17.1 Å². The SMILES string of the molecule is N#Cc1cnn2cc(-c3ccc(N4CCOCC4)nc3)cc(Sc3ccccc3F)c12. The molecule has 0 saturated carbocycles. The van der Waals surface area contributed by atoms with E-state index in [1.807, 2.05) is 30.6 Å². The number of rotatable bonds is 4. The van der Waals surface area contributed by atoms with Crippen LogP contribution in [0.5, 0.6) is 0 Å². The molecule has 3 aromatic heterocycles. The van der Waals surface area contributed by atoms with Gasteiger partial charge in [0.1, 0.15) is 17.7 Å². The highest BCUT2D eigenvalue weighted by atomic mass is 32.2. The molecule has 154 valence electrons. The van der Waals surface area contributed by atoms with Crippen LogP contribution in [-0.2, 0) is 4.74 Å². The molecule has 0 radical (unpaired) electrons. The lowest BCUT2D eigenvalue weighted by atomic mass is 10.1. The second kappa shape index (κ2) is 8.38. The molecule has 1 aliphatic rings. The summed E-state index contributed by atoms with van der Waals surface area (Å²) in [6.45, 7) is 3.06. The standard InChI is InChI=1S/C23H18FN5OS/c24-19-3-1-2-4-20(19)31-21-11-17(15-29-23(21)18(12-25)14-27-29)16-5-6-22(26-13-16)28-7-9-30-10-8-28/h1-6,11,13-15H,7-10H2. The van der Waals surface area contributed by atoms with E-state index in [9.17, 15) is 9.65 Å². The molecule has 0 atom stereocenters. The smallest absolute Gasteiger partial charge is 0.137 e. The minimum Gasteiger partial charge on any atom is -0.378 e. The Morgan fingerprint density at radius 3 is 2.61 bits per heavy atom. The van der Waals surface area contributed by atoms with E-state index in [4.69, 9.17) is 4.74 Å². The minimum atomic E-state index is -0.300. The second-order valence-corrected chi connectivity index (χ2v) is 8.18. The predicted molar refractivity (Wildman–Crippen MR) is 117 cm³/mol. The number of nitrogens with zero attached hydrogens (tertiary/aromatic N) is 5. The maximum atomic E-state index is 14.3. The lowest BCUT2D eigenvalue weighted by Crippen LogP contribution is -2.36. The van der Waals surface area contributed by atoms with E-state index in [-0.39, 0.29) is 5.82 Å². The first kappa shape index (κ1) is 19.5. The predicted octanol–water partition coefficient (Wildman–Crippen LogP) is 4.39. The number of ether oxygens (including phenoxy) is 1. The summed E-state index contributed by atoms with van der Waals surface area (Å²) in [5.74, 6) is 0.616. The van der Waals surface area contributed by atoms with Gasteiger partial charge in [0, 0.05) is 46.4 Å². The van der Waals surface area contributed by atoms with Crippen LogP contribution in [0.25, 0.3) is 16.6 Å². The van der Waals surface area contributed by atoms with E-state index >= 15 is 0 Å². The number of morpholine rings is 1. The largest absolute Gasteiger partial charge is 0.378 e. The van der Waals surface area contributed by atoms with Gasteiger partial charge in [0.05, 0.1) is 30.5 Å². The summed E-state index contributed by atoms with van der Waals surface area (Å²) in [6, 6.07) is 14.8. The highest BCUT2D eigenvalue weighted by molar-refractivity contribution is 7.99. The number of benzene rings is 1. The van der Waals surface area contributed by atoms with Gasteiger partial charge in [0.25, 0.3) is 0 Å². The molecular formula is C23H18FN5OS. The van der Waals surface area contributed by atoms with Gasteiger partial charge in [-0.15, -0.1) is 0 Å². The molecule has 0 spiro atoms. The van der Waals surface area contributed by atoms with Crippen molar-refractivity contribution in [2.24, 2.45) is 0 Å². The zero-order valence-electron chi connectivity index (χ0n) is 16.5. The van der Waals surface area contributed by atoms with Crippen molar-refractivity contribution in [1.29, 1.82) is 5.26 Å². The van der Waals surface area contributed by atoms with Crippen molar-refractivity contribution in [3.8, 4) is 17.2 Å². The molecule has 5 rings (SSSR count). The number of hydrogen-bond acceptors (Lipinski definition) is 6. The Kier molecular flexibility index (Phi) is 5.28. The van der Waals surface area contributed by atoms with Crippen molar-refractivity contribution >= 4 is 23.1 Å². The fourth-order valence-electron chi connectivity index (χ4n) is 3.58. The maximum absolute atomic E-state index is 14.3. The third-order valence-corrected chi connectivity index (χ3v) is 6.25. The van der Waals surface area contributed by atoms with Gasteiger partial charge in [-0.2, -0.15) is 10.4 Å².